The van der Waals surface area contributed by atoms with Crippen LogP contribution in [0, 0.1) is 19.8 Å². The molecule has 0 aliphatic carbocycles. The highest BCUT2D eigenvalue weighted by Gasteiger charge is 2.20. The number of Topliss-reactive ketones (excluding diaryl/α,β-unsaturated/α-hetero) is 1. The number of ketones is 1. The standard InChI is InChI=1S/C18H27NO/c1-4-5-16-8-10-19(11-9-16)13-18(20)17-7-6-14(2)15(3)12-17/h6-7,12,16H,4-5,8-11,13H2,1-3H3. The van der Waals surface area contributed by atoms with Crippen molar-refractivity contribution in [3.05, 3.63) is 34.9 Å². The number of hydrogen-bond donors (Lipinski definition) is 0. The van der Waals surface area contributed by atoms with Gasteiger partial charge in [-0.25, -0.2) is 0 Å². The number of piperidine rings is 1. The normalized spacial score (nSPS) is 17.4. The Hall–Kier alpha value is -1.15. The third-order valence-electron chi connectivity index (χ3n) is 4.60. The minimum absolute atomic E-state index is 0.266. The quantitative estimate of drug-likeness (QED) is 0.756. The number of carbonyl (C=O) groups is 1. The minimum Gasteiger partial charge on any atom is -0.296 e. The Morgan fingerprint density at radius 3 is 2.50 bits per heavy atom. The van der Waals surface area contributed by atoms with E-state index in [2.05, 4.69) is 31.7 Å². The van der Waals surface area contributed by atoms with E-state index in [1.54, 1.807) is 0 Å². The SMILES string of the molecule is CCCC1CCN(CC(=O)c2ccc(C)c(C)c2)CC1. The Morgan fingerprint density at radius 1 is 1.20 bits per heavy atom. The second-order valence-electron chi connectivity index (χ2n) is 6.23. The molecule has 1 fully saturated rings. The summed E-state index contributed by atoms with van der Waals surface area (Å²) in [6.45, 7) is 9.17. The van der Waals surface area contributed by atoms with Gasteiger partial charge in [0, 0.05) is 5.56 Å². The fourth-order valence-corrected chi connectivity index (χ4v) is 3.05. The first kappa shape index (κ1) is 15.2. The van der Waals surface area contributed by atoms with Crippen molar-refractivity contribution in [2.45, 2.75) is 46.5 Å². The Morgan fingerprint density at radius 2 is 1.90 bits per heavy atom. The first-order valence-electron chi connectivity index (χ1n) is 7.93. The van der Waals surface area contributed by atoms with Crippen LogP contribution in [0.2, 0.25) is 0 Å². The summed E-state index contributed by atoms with van der Waals surface area (Å²) in [4.78, 5) is 14.7. The molecule has 1 aliphatic heterocycles. The van der Waals surface area contributed by atoms with Gasteiger partial charge >= 0.3 is 0 Å². The summed E-state index contributed by atoms with van der Waals surface area (Å²) in [7, 11) is 0. The van der Waals surface area contributed by atoms with Gasteiger partial charge in [0.15, 0.2) is 5.78 Å². The van der Waals surface area contributed by atoms with Crippen molar-refractivity contribution >= 4 is 5.78 Å². The molecule has 0 aromatic heterocycles. The maximum atomic E-state index is 12.3. The van der Waals surface area contributed by atoms with E-state index in [4.69, 9.17) is 0 Å². The van der Waals surface area contributed by atoms with Crippen LogP contribution in [0.1, 0.15) is 54.1 Å². The maximum Gasteiger partial charge on any atom is 0.176 e. The monoisotopic (exact) mass is 273 g/mol. The van der Waals surface area contributed by atoms with Gasteiger partial charge < -0.3 is 0 Å². The molecule has 0 spiro atoms. The molecule has 0 N–H and O–H groups in total. The van der Waals surface area contributed by atoms with Crippen LogP contribution in [0.25, 0.3) is 0 Å². The molecule has 2 heteroatoms. The molecular weight excluding hydrogens is 246 g/mol. The summed E-state index contributed by atoms with van der Waals surface area (Å²) >= 11 is 0. The van der Waals surface area contributed by atoms with Gasteiger partial charge in [0.05, 0.1) is 6.54 Å². The van der Waals surface area contributed by atoms with Crippen LogP contribution in [0.15, 0.2) is 18.2 Å². The Bertz CT molecular complexity index is 458. The Kier molecular flexibility index (Phi) is 5.36. The number of likely N-dealkylation sites (tertiary alicyclic amines) is 1. The average Bonchev–Trinajstić information content (AvgIpc) is 2.44. The van der Waals surface area contributed by atoms with Crippen molar-refractivity contribution in [2.24, 2.45) is 5.92 Å². The first-order chi connectivity index (χ1) is 9.60. The summed E-state index contributed by atoms with van der Waals surface area (Å²) in [6, 6.07) is 6.05. The highest BCUT2D eigenvalue weighted by molar-refractivity contribution is 5.97. The number of benzene rings is 1. The highest BCUT2D eigenvalue weighted by Crippen LogP contribution is 2.22. The number of rotatable bonds is 5. The van der Waals surface area contributed by atoms with Crippen molar-refractivity contribution in [1.29, 1.82) is 0 Å². The Balaban J connectivity index is 1.87. The molecule has 1 aromatic rings. The van der Waals surface area contributed by atoms with E-state index in [0.717, 1.165) is 24.6 Å². The number of nitrogens with zero attached hydrogens (tertiary/aromatic N) is 1. The smallest absolute Gasteiger partial charge is 0.176 e. The van der Waals surface area contributed by atoms with E-state index in [9.17, 15) is 4.79 Å². The van der Waals surface area contributed by atoms with Gasteiger partial charge in [0.25, 0.3) is 0 Å². The van der Waals surface area contributed by atoms with E-state index >= 15 is 0 Å². The van der Waals surface area contributed by atoms with Gasteiger partial charge in [-0.2, -0.15) is 0 Å². The van der Waals surface area contributed by atoms with Crippen LogP contribution in [-0.2, 0) is 0 Å². The van der Waals surface area contributed by atoms with Crippen LogP contribution < -0.4 is 0 Å². The molecular formula is C18H27NO. The fraction of sp³-hybridized carbons (Fsp3) is 0.611. The van der Waals surface area contributed by atoms with Crippen LogP contribution in [-0.4, -0.2) is 30.3 Å². The summed E-state index contributed by atoms with van der Waals surface area (Å²) < 4.78 is 0. The number of hydrogen-bond acceptors (Lipinski definition) is 2. The van der Waals surface area contributed by atoms with Crippen LogP contribution in [0.3, 0.4) is 0 Å². The third-order valence-corrected chi connectivity index (χ3v) is 4.60. The van der Waals surface area contributed by atoms with Gasteiger partial charge in [0.2, 0.25) is 0 Å². The van der Waals surface area contributed by atoms with Crippen molar-refractivity contribution in [1.82, 2.24) is 4.90 Å². The summed E-state index contributed by atoms with van der Waals surface area (Å²) in [6.07, 6.45) is 5.15. The lowest BCUT2D eigenvalue weighted by Crippen LogP contribution is -2.37. The predicted octanol–water partition coefficient (Wildman–Crippen LogP) is 4.00. The highest BCUT2D eigenvalue weighted by atomic mass is 16.1. The average molecular weight is 273 g/mol. The topological polar surface area (TPSA) is 20.3 Å². The van der Waals surface area contributed by atoms with E-state index in [1.165, 1.54) is 36.8 Å². The third kappa shape index (κ3) is 3.92. The zero-order chi connectivity index (χ0) is 14.5. The first-order valence-corrected chi connectivity index (χ1v) is 7.93. The molecule has 0 bridgehead atoms. The van der Waals surface area contributed by atoms with Crippen molar-refractivity contribution in [2.75, 3.05) is 19.6 Å². The molecule has 110 valence electrons. The second kappa shape index (κ2) is 7.03. The molecule has 2 rings (SSSR count). The summed E-state index contributed by atoms with van der Waals surface area (Å²) in [5.41, 5.74) is 3.32. The molecule has 0 radical (unpaired) electrons. The molecule has 20 heavy (non-hydrogen) atoms. The molecule has 0 amide bonds. The molecule has 1 heterocycles. The van der Waals surface area contributed by atoms with E-state index in [1.807, 2.05) is 12.1 Å². The van der Waals surface area contributed by atoms with Crippen molar-refractivity contribution < 1.29 is 4.79 Å². The molecule has 1 aliphatic rings. The maximum absolute atomic E-state index is 12.3. The lowest BCUT2D eigenvalue weighted by atomic mass is 9.92. The summed E-state index contributed by atoms with van der Waals surface area (Å²) in [5.74, 6) is 1.15. The van der Waals surface area contributed by atoms with Gasteiger partial charge in [0.1, 0.15) is 0 Å². The van der Waals surface area contributed by atoms with Crippen LogP contribution >= 0.6 is 0 Å². The largest absolute Gasteiger partial charge is 0.296 e. The van der Waals surface area contributed by atoms with Gasteiger partial charge in [-0.05, 0) is 62.9 Å². The predicted molar refractivity (Wildman–Crippen MR) is 84.3 cm³/mol. The molecule has 1 saturated heterocycles. The molecule has 0 atom stereocenters. The van der Waals surface area contributed by atoms with Gasteiger partial charge in [-0.3, -0.25) is 9.69 Å². The van der Waals surface area contributed by atoms with Crippen LogP contribution in [0.4, 0.5) is 0 Å². The molecule has 1 aromatic carbocycles. The summed E-state index contributed by atoms with van der Waals surface area (Å²) in [5, 5.41) is 0. The minimum atomic E-state index is 0.266. The lowest BCUT2D eigenvalue weighted by Gasteiger charge is -2.31. The lowest BCUT2D eigenvalue weighted by molar-refractivity contribution is 0.0893. The fourth-order valence-electron chi connectivity index (χ4n) is 3.05. The zero-order valence-electron chi connectivity index (χ0n) is 13.1. The van der Waals surface area contributed by atoms with Crippen LogP contribution in [0.5, 0.6) is 0 Å². The molecule has 0 saturated carbocycles. The van der Waals surface area contributed by atoms with Crippen molar-refractivity contribution in [3.8, 4) is 0 Å². The molecule has 2 nitrogen and oxygen atoms in total. The van der Waals surface area contributed by atoms with Gasteiger partial charge in [-0.15, -0.1) is 0 Å². The van der Waals surface area contributed by atoms with Gasteiger partial charge in [-0.1, -0.05) is 31.9 Å². The number of carbonyl (C=O) groups excluding carboxylic acids is 1. The van der Waals surface area contributed by atoms with Crippen molar-refractivity contribution in [3.63, 3.8) is 0 Å². The van der Waals surface area contributed by atoms with E-state index in [-0.39, 0.29) is 5.78 Å². The zero-order valence-corrected chi connectivity index (χ0v) is 13.1. The Labute approximate surface area is 123 Å². The number of aryl methyl sites for hydroxylation is 2. The second-order valence-corrected chi connectivity index (χ2v) is 6.23. The van der Waals surface area contributed by atoms with E-state index < -0.39 is 0 Å². The molecule has 0 unspecified atom stereocenters. The van der Waals surface area contributed by atoms with E-state index in [0.29, 0.717) is 6.54 Å².